The second-order valence-electron chi connectivity index (χ2n) is 7.28. The first-order chi connectivity index (χ1) is 13.0. The van der Waals surface area contributed by atoms with Gasteiger partial charge in [-0.15, -0.1) is 0 Å². The van der Waals surface area contributed by atoms with E-state index in [9.17, 15) is 19.7 Å². The molecule has 2 aliphatic rings. The van der Waals surface area contributed by atoms with Gasteiger partial charge in [-0.3, -0.25) is 14.9 Å². The van der Waals surface area contributed by atoms with E-state index in [1.807, 2.05) is 11.8 Å². The van der Waals surface area contributed by atoms with Crippen LogP contribution in [0.1, 0.15) is 49.4 Å². The van der Waals surface area contributed by atoms with Gasteiger partial charge in [0.25, 0.3) is 11.6 Å². The van der Waals surface area contributed by atoms with Gasteiger partial charge in [0.15, 0.2) is 6.61 Å². The monoisotopic (exact) mass is 375 g/mol. The first kappa shape index (κ1) is 19.1. The third kappa shape index (κ3) is 4.96. The van der Waals surface area contributed by atoms with E-state index in [1.54, 1.807) is 6.07 Å². The predicted molar refractivity (Wildman–Crippen MR) is 99.8 cm³/mol. The number of nitro groups is 1. The Morgan fingerprint density at radius 2 is 2.00 bits per heavy atom. The standard InChI is InChI=1S/C19H25N3O5/c1-13(14-5-6-14)20-18(23)12-27-19(24)15-7-8-16(17(11-15)22(25)26)21-9-3-2-4-10-21/h7-8,11,13-14H,2-6,9-10,12H2,1H3,(H,20,23)/t13-/m0/s1. The van der Waals surface area contributed by atoms with Gasteiger partial charge in [0.1, 0.15) is 5.69 Å². The molecule has 8 nitrogen and oxygen atoms in total. The third-order valence-electron chi connectivity index (χ3n) is 5.16. The van der Waals surface area contributed by atoms with E-state index in [4.69, 9.17) is 4.74 Å². The topological polar surface area (TPSA) is 102 Å². The molecule has 0 radical (unpaired) electrons. The zero-order valence-corrected chi connectivity index (χ0v) is 15.5. The molecule has 1 saturated heterocycles. The lowest BCUT2D eigenvalue weighted by Crippen LogP contribution is -2.37. The van der Waals surface area contributed by atoms with Crippen molar-refractivity contribution < 1.29 is 19.2 Å². The molecule has 1 aliphatic heterocycles. The fraction of sp³-hybridized carbons (Fsp3) is 0.579. The van der Waals surface area contributed by atoms with Gasteiger partial charge in [-0.25, -0.2) is 4.79 Å². The zero-order chi connectivity index (χ0) is 19.4. The number of carbonyl (C=O) groups is 2. The molecule has 27 heavy (non-hydrogen) atoms. The highest BCUT2D eigenvalue weighted by molar-refractivity contribution is 5.93. The SMILES string of the molecule is C[C@H](NC(=O)COC(=O)c1ccc(N2CCCCC2)c([N+](=O)[O-])c1)C1CC1. The number of ether oxygens (including phenoxy) is 1. The largest absolute Gasteiger partial charge is 0.452 e. The number of nitro benzene ring substituents is 1. The van der Waals surface area contributed by atoms with Crippen molar-refractivity contribution in [3.8, 4) is 0 Å². The summed E-state index contributed by atoms with van der Waals surface area (Å²) in [6.45, 7) is 3.08. The van der Waals surface area contributed by atoms with Crippen LogP contribution in [0.4, 0.5) is 11.4 Å². The molecule has 0 bridgehead atoms. The average Bonchev–Trinajstić information content (AvgIpc) is 3.51. The zero-order valence-electron chi connectivity index (χ0n) is 15.5. The van der Waals surface area contributed by atoms with E-state index < -0.39 is 17.5 Å². The number of anilines is 1. The molecule has 3 rings (SSSR count). The Labute approximate surface area is 158 Å². The lowest BCUT2D eigenvalue weighted by atomic mass is 10.1. The molecular formula is C19H25N3O5. The van der Waals surface area contributed by atoms with Crippen molar-refractivity contribution in [2.45, 2.75) is 45.1 Å². The first-order valence-corrected chi connectivity index (χ1v) is 9.45. The fourth-order valence-corrected chi connectivity index (χ4v) is 3.42. The summed E-state index contributed by atoms with van der Waals surface area (Å²) in [5.74, 6) is -0.589. The van der Waals surface area contributed by atoms with E-state index in [-0.39, 0.29) is 23.2 Å². The second-order valence-corrected chi connectivity index (χ2v) is 7.28. The van der Waals surface area contributed by atoms with Gasteiger partial charge in [-0.1, -0.05) is 0 Å². The highest BCUT2D eigenvalue weighted by Gasteiger charge is 2.29. The van der Waals surface area contributed by atoms with Crippen LogP contribution in [0.3, 0.4) is 0 Å². The van der Waals surface area contributed by atoms with E-state index in [1.165, 1.54) is 12.1 Å². The lowest BCUT2D eigenvalue weighted by molar-refractivity contribution is -0.384. The van der Waals surface area contributed by atoms with Crippen LogP contribution in [0.15, 0.2) is 18.2 Å². The Kier molecular flexibility index (Phi) is 5.93. The van der Waals surface area contributed by atoms with Gasteiger partial charge in [-0.05, 0) is 57.1 Å². The van der Waals surface area contributed by atoms with Crippen molar-refractivity contribution in [3.05, 3.63) is 33.9 Å². The van der Waals surface area contributed by atoms with Crippen molar-refractivity contribution in [2.75, 3.05) is 24.6 Å². The van der Waals surface area contributed by atoms with Crippen LogP contribution in [-0.4, -0.2) is 42.5 Å². The van der Waals surface area contributed by atoms with Crippen LogP contribution in [0.5, 0.6) is 0 Å². The molecule has 1 aromatic carbocycles. The molecule has 146 valence electrons. The number of amides is 1. The smallest absolute Gasteiger partial charge is 0.338 e. The van der Waals surface area contributed by atoms with E-state index in [2.05, 4.69) is 5.32 Å². The number of hydrogen-bond donors (Lipinski definition) is 1. The molecule has 0 spiro atoms. The maximum absolute atomic E-state index is 12.2. The van der Waals surface area contributed by atoms with Crippen LogP contribution < -0.4 is 10.2 Å². The Balaban J connectivity index is 1.62. The normalized spacial score (nSPS) is 17.9. The number of nitrogens with zero attached hydrogens (tertiary/aromatic N) is 2. The Hall–Kier alpha value is -2.64. The summed E-state index contributed by atoms with van der Waals surface area (Å²) in [4.78, 5) is 37.0. The molecule has 1 aromatic rings. The molecule has 1 N–H and O–H groups in total. The quantitative estimate of drug-likeness (QED) is 0.447. The highest BCUT2D eigenvalue weighted by atomic mass is 16.6. The third-order valence-corrected chi connectivity index (χ3v) is 5.16. The average molecular weight is 375 g/mol. The summed E-state index contributed by atoms with van der Waals surface area (Å²) in [6.07, 6.45) is 5.32. The molecule has 8 heteroatoms. The molecule has 0 unspecified atom stereocenters. The summed E-state index contributed by atoms with van der Waals surface area (Å²) in [6, 6.07) is 4.41. The number of rotatable bonds is 7. The van der Waals surface area contributed by atoms with Crippen molar-refractivity contribution in [2.24, 2.45) is 5.92 Å². The molecule has 1 amide bonds. The molecule has 0 aromatic heterocycles. The number of nitrogens with one attached hydrogen (secondary N) is 1. The van der Waals surface area contributed by atoms with E-state index in [0.29, 0.717) is 11.6 Å². The predicted octanol–water partition coefficient (Wildman–Crippen LogP) is 2.66. The number of carbonyl (C=O) groups excluding carboxylic acids is 2. The van der Waals surface area contributed by atoms with E-state index in [0.717, 1.165) is 45.2 Å². The number of piperidine rings is 1. The molecule has 1 heterocycles. The summed E-state index contributed by atoms with van der Waals surface area (Å²) in [5, 5.41) is 14.3. The van der Waals surface area contributed by atoms with Crippen molar-refractivity contribution >= 4 is 23.3 Å². The molecular weight excluding hydrogens is 350 g/mol. The minimum absolute atomic E-state index is 0.0705. The van der Waals surface area contributed by atoms with Gasteiger partial charge in [0.2, 0.25) is 0 Å². The minimum atomic E-state index is -0.738. The Morgan fingerprint density at radius 3 is 2.63 bits per heavy atom. The van der Waals surface area contributed by atoms with Crippen molar-refractivity contribution in [3.63, 3.8) is 0 Å². The summed E-state index contributed by atoms with van der Waals surface area (Å²) in [7, 11) is 0. The molecule has 1 saturated carbocycles. The molecule has 1 aliphatic carbocycles. The summed E-state index contributed by atoms with van der Waals surface area (Å²) >= 11 is 0. The first-order valence-electron chi connectivity index (χ1n) is 9.45. The lowest BCUT2D eigenvalue weighted by Gasteiger charge is -2.28. The fourth-order valence-electron chi connectivity index (χ4n) is 3.42. The van der Waals surface area contributed by atoms with Gasteiger partial charge >= 0.3 is 5.97 Å². The van der Waals surface area contributed by atoms with Crippen LogP contribution in [0.2, 0.25) is 0 Å². The van der Waals surface area contributed by atoms with Crippen LogP contribution in [0, 0.1) is 16.0 Å². The maximum atomic E-state index is 12.2. The number of hydrogen-bond acceptors (Lipinski definition) is 6. The minimum Gasteiger partial charge on any atom is -0.452 e. The molecule has 1 atom stereocenters. The highest BCUT2D eigenvalue weighted by Crippen LogP contribution is 2.32. The van der Waals surface area contributed by atoms with Gasteiger partial charge in [0, 0.05) is 25.2 Å². The second kappa shape index (κ2) is 8.37. The Bertz CT molecular complexity index is 726. The van der Waals surface area contributed by atoms with Gasteiger partial charge in [-0.2, -0.15) is 0 Å². The van der Waals surface area contributed by atoms with E-state index >= 15 is 0 Å². The summed E-state index contributed by atoms with van der Waals surface area (Å²) in [5.41, 5.74) is 0.482. The summed E-state index contributed by atoms with van der Waals surface area (Å²) < 4.78 is 5.02. The number of esters is 1. The van der Waals surface area contributed by atoms with Crippen LogP contribution >= 0.6 is 0 Å². The van der Waals surface area contributed by atoms with Crippen molar-refractivity contribution in [1.82, 2.24) is 5.32 Å². The van der Waals surface area contributed by atoms with Crippen LogP contribution in [-0.2, 0) is 9.53 Å². The van der Waals surface area contributed by atoms with Crippen molar-refractivity contribution in [1.29, 1.82) is 0 Å². The van der Waals surface area contributed by atoms with Gasteiger partial charge in [0.05, 0.1) is 10.5 Å². The van der Waals surface area contributed by atoms with Crippen LogP contribution in [0.25, 0.3) is 0 Å². The number of benzene rings is 1. The molecule has 2 fully saturated rings. The van der Waals surface area contributed by atoms with Gasteiger partial charge < -0.3 is 15.0 Å². The maximum Gasteiger partial charge on any atom is 0.338 e. The Morgan fingerprint density at radius 1 is 1.30 bits per heavy atom.